The number of esters is 1. The van der Waals surface area contributed by atoms with Gasteiger partial charge in [-0.1, -0.05) is 12.1 Å². The van der Waals surface area contributed by atoms with E-state index in [0.29, 0.717) is 16.1 Å². The number of hydrogen-bond acceptors (Lipinski definition) is 6. The Kier molecular flexibility index (Phi) is 6.18. The fraction of sp³-hybridized carbons (Fsp3) is 0.100. The number of hydrogen-bond donors (Lipinski definition) is 2. The molecular weight excluding hydrogens is 431 g/mol. The van der Waals surface area contributed by atoms with Gasteiger partial charge in [0, 0.05) is 17.5 Å². The van der Waals surface area contributed by atoms with E-state index in [1.165, 1.54) is 68.6 Å². The van der Waals surface area contributed by atoms with Gasteiger partial charge in [0.25, 0.3) is 10.0 Å². The minimum atomic E-state index is -4.02. The summed E-state index contributed by atoms with van der Waals surface area (Å²) in [7, 11) is -2.83. The number of benzene rings is 2. The van der Waals surface area contributed by atoms with Crippen LogP contribution < -0.4 is 10.0 Å². The van der Waals surface area contributed by atoms with Gasteiger partial charge in [0.05, 0.1) is 17.7 Å². The van der Waals surface area contributed by atoms with Crippen molar-refractivity contribution in [3.05, 3.63) is 65.3 Å². The molecule has 2 aromatic carbocycles. The molecule has 0 spiro atoms. The molecule has 0 atom stereocenters. The lowest BCUT2D eigenvalue weighted by atomic mass is 10.2. The Morgan fingerprint density at radius 1 is 1.03 bits per heavy atom. The lowest BCUT2D eigenvalue weighted by Crippen LogP contribution is -2.15. The van der Waals surface area contributed by atoms with Crippen molar-refractivity contribution >= 4 is 44.6 Å². The normalized spacial score (nSPS) is 11.0. The van der Waals surface area contributed by atoms with Crippen molar-refractivity contribution in [2.24, 2.45) is 0 Å². The highest BCUT2D eigenvalue weighted by atomic mass is 32.2. The summed E-state index contributed by atoms with van der Waals surface area (Å²) < 4.78 is 45.9. The molecule has 0 aliphatic heterocycles. The third-order valence-corrected chi connectivity index (χ3v) is 6.51. The van der Waals surface area contributed by atoms with Crippen LogP contribution in [-0.4, -0.2) is 27.4 Å². The van der Waals surface area contributed by atoms with Crippen LogP contribution in [0.3, 0.4) is 0 Å². The van der Waals surface area contributed by atoms with Crippen molar-refractivity contribution in [3.63, 3.8) is 0 Å². The highest BCUT2D eigenvalue weighted by molar-refractivity contribution is 7.92. The average molecular weight is 448 g/mol. The van der Waals surface area contributed by atoms with Gasteiger partial charge in [-0.3, -0.25) is 9.52 Å². The van der Waals surface area contributed by atoms with Crippen molar-refractivity contribution in [1.29, 1.82) is 0 Å². The van der Waals surface area contributed by atoms with Crippen LogP contribution in [0.5, 0.6) is 0 Å². The SMILES string of the molecule is COC(=O)c1sc(-c2ccc(F)cc2)cc1NS(=O)(=O)c1ccc(NC(C)=O)cc1. The van der Waals surface area contributed by atoms with Gasteiger partial charge in [0.1, 0.15) is 10.7 Å². The molecule has 1 aromatic heterocycles. The first-order valence-electron chi connectivity index (χ1n) is 8.58. The van der Waals surface area contributed by atoms with Crippen LogP contribution in [0, 0.1) is 5.82 Å². The lowest BCUT2D eigenvalue weighted by Gasteiger charge is -2.09. The molecule has 1 heterocycles. The molecule has 2 N–H and O–H groups in total. The molecule has 0 radical (unpaired) electrons. The molecule has 30 heavy (non-hydrogen) atoms. The number of sulfonamides is 1. The predicted octanol–water partition coefficient (Wildman–Crippen LogP) is 4.10. The molecule has 7 nitrogen and oxygen atoms in total. The summed E-state index contributed by atoms with van der Waals surface area (Å²) in [6.07, 6.45) is 0. The molecular formula is C20H17FN2O5S2. The summed E-state index contributed by atoms with van der Waals surface area (Å²) >= 11 is 1.02. The van der Waals surface area contributed by atoms with Gasteiger partial charge in [-0.25, -0.2) is 17.6 Å². The Hall–Kier alpha value is -3.24. The molecule has 0 saturated carbocycles. The van der Waals surface area contributed by atoms with Gasteiger partial charge >= 0.3 is 5.97 Å². The largest absolute Gasteiger partial charge is 0.465 e. The summed E-state index contributed by atoms with van der Waals surface area (Å²) in [6.45, 7) is 1.34. The molecule has 0 fully saturated rings. The highest BCUT2D eigenvalue weighted by Crippen LogP contribution is 2.36. The maximum absolute atomic E-state index is 13.2. The number of halogens is 1. The Morgan fingerprint density at radius 3 is 2.23 bits per heavy atom. The second-order valence-electron chi connectivity index (χ2n) is 6.16. The van der Waals surface area contributed by atoms with Gasteiger partial charge in [0.15, 0.2) is 0 Å². The maximum Gasteiger partial charge on any atom is 0.350 e. The van der Waals surface area contributed by atoms with Crippen LogP contribution in [0.1, 0.15) is 16.6 Å². The Morgan fingerprint density at radius 2 is 1.67 bits per heavy atom. The van der Waals surface area contributed by atoms with Gasteiger partial charge in [-0.2, -0.15) is 0 Å². The quantitative estimate of drug-likeness (QED) is 0.553. The fourth-order valence-corrected chi connectivity index (χ4v) is 4.76. The van der Waals surface area contributed by atoms with Crippen molar-refractivity contribution < 1.29 is 27.1 Å². The number of rotatable bonds is 6. The second-order valence-corrected chi connectivity index (χ2v) is 8.90. The Labute approximate surface area is 176 Å². The smallest absolute Gasteiger partial charge is 0.350 e. The van der Waals surface area contributed by atoms with Crippen molar-refractivity contribution in [3.8, 4) is 10.4 Å². The molecule has 0 aliphatic carbocycles. The van der Waals surface area contributed by atoms with Crippen LogP contribution in [0.15, 0.2) is 59.5 Å². The Balaban J connectivity index is 1.94. The van der Waals surface area contributed by atoms with Gasteiger partial charge < -0.3 is 10.1 Å². The van der Waals surface area contributed by atoms with E-state index in [9.17, 15) is 22.4 Å². The number of thiophene rings is 1. The number of ether oxygens (including phenoxy) is 1. The molecule has 0 aliphatic rings. The minimum Gasteiger partial charge on any atom is -0.465 e. The van der Waals surface area contributed by atoms with Crippen molar-refractivity contribution in [1.82, 2.24) is 0 Å². The van der Waals surface area contributed by atoms with E-state index in [2.05, 4.69) is 10.0 Å². The zero-order valence-electron chi connectivity index (χ0n) is 15.9. The summed E-state index contributed by atoms with van der Waals surface area (Å²) in [4.78, 5) is 23.8. The van der Waals surface area contributed by atoms with Crippen LogP contribution in [0.2, 0.25) is 0 Å². The standard InChI is InChI=1S/C20H17FN2O5S2/c1-12(24)22-15-7-9-16(10-8-15)30(26,27)23-17-11-18(29-19(17)20(25)28-2)13-3-5-14(21)6-4-13/h3-11,23H,1-2H3,(H,22,24). The van der Waals surface area contributed by atoms with Gasteiger partial charge in [-0.15, -0.1) is 11.3 Å². The number of methoxy groups -OCH3 is 1. The zero-order valence-corrected chi connectivity index (χ0v) is 17.6. The summed E-state index contributed by atoms with van der Waals surface area (Å²) in [5.74, 6) is -1.39. The number of carbonyl (C=O) groups excluding carboxylic acids is 2. The van der Waals surface area contributed by atoms with Crippen LogP contribution in [-0.2, 0) is 19.6 Å². The maximum atomic E-state index is 13.2. The molecule has 3 aromatic rings. The lowest BCUT2D eigenvalue weighted by molar-refractivity contribution is -0.114. The first-order valence-corrected chi connectivity index (χ1v) is 10.9. The third kappa shape index (κ3) is 4.84. The van der Waals surface area contributed by atoms with Crippen molar-refractivity contribution in [2.75, 3.05) is 17.1 Å². The number of carbonyl (C=O) groups is 2. The Bertz CT molecular complexity index is 1190. The molecule has 0 unspecified atom stereocenters. The molecule has 156 valence electrons. The van der Waals surface area contributed by atoms with E-state index in [1.54, 1.807) is 0 Å². The molecule has 1 amide bonds. The minimum absolute atomic E-state index is 0.0529. The number of amides is 1. The second kappa shape index (κ2) is 8.64. The summed E-state index contributed by atoms with van der Waals surface area (Å²) in [6, 6.07) is 12.7. The van der Waals surface area contributed by atoms with Crippen LogP contribution in [0.4, 0.5) is 15.8 Å². The van der Waals surface area contributed by atoms with Crippen molar-refractivity contribution in [2.45, 2.75) is 11.8 Å². The monoisotopic (exact) mass is 448 g/mol. The summed E-state index contributed by atoms with van der Waals surface area (Å²) in [5.41, 5.74) is 1.12. The third-order valence-electron chi connectivity index (χ3n) is 3.96. The van der Waals surface area contributed by atoms with E-state index in [0.717, 1.165) is 11.3 Å². The molecule has 0 saturated heterocycles. The summed E-state index contributed by atoms with van der Waals surface area (Å²) in [5, 5.41) is 2.55. The van der Waals surface area contributed by atoms with E-state index < -0.39 is 21.8 Å². The molecule has 10 heteroatoms. The van der Waals surface area contributed by atoms with Crippen LogP contribution in [0.25, 0.3) is 10.4 Å². The topological polar surface area (TPSA) is 102 Å². The molecule has 0 bridgehead atoms. The van der Waals surface area contributed by atoms with Gasteiger partial charge in [-0.05, 0) is 48.0 Å². The van der Waals surface area contributed by atoms with E-state index in [-0.39, 0.29) is 21.4 Å². The van der Waals surface area contributed by atoms with E-state index >= 15 is 0 Å². The average Bonchev–Trinajstić information content (AvgIpc) is 3.11. The fourth-order valence-electron chi connectivity index (χ4n) is 2.59. The first kappa shape index (κ1) is 21.5. The van der Waals surface area contributed by atoms with E-state index in [4.69, 9.17) is 4.74 Å². The van der Waals surface area contributed by atoms with Crippen LogP contribution >= 0.6 is 11.3 Å². The molecule has 3 rings (SSSR count). The number of nitrogens with one attached hydrogen (secondary N) is 2. The zero-order chi connectivity index (χ0) is 21.9. The van der Waals surface area contributed by atoms with E-state index in [1.807, 2.05) is 0 Å². The van der Waals surface area contributed by atoms with Gasteiger partial charge in [0.2, 0.25) is 5.91 Å². The highest BCUT2D eigenvalue weighted by Gasteiger charge is 2.23. The number of anilines is 2. The predicted molar refractivity (Wildman–Crippen MR) is 113 cm³/mol. The first-order chi connectivity index (χ1) is 14.2.